The molecule has 0 spiro atoms. The maximum Gasteiger partial charge on any atom is 0.245 e. The Morgan fingerprint density at radius 3 is 2.04 bits per heavy atom. The number of aliphatic hydroxyl groups is 1. The first-order valence-electron chi connectivity index (χ1n) is 18.7. The molecule has 1 saturated heterocycles. The van der Waals surface area contributed by atoms with Crippen LogP contribution in [0.4, 0.5) is 0 Å². The number of methoxy groups -OCH3 is 2. The Labute approximate surface area is 306 Å². The lowest BCUT2D eigenvalue weighted by atomic mass is 9.89. The van der Waals surface area contributed by atoms with Crippen molar-refractivity contribution in [3.8, 4) is 0 Å². The molecule has 6 unspecified atom stereocenters. The maximum atomic E-state index is 14.1. The predicted molar refractivity (Wildman–Crippen MR) is 200 cm³/mol. The van der Waals surface area contributed by atoms with Gasteiger partial charge in [-0.2, -0.15) is 0 Å². The summed E-state index contributed by atoms with van der Waals surface area (Å²) in [5.74, 6) is -1.62. The van der Waals surface area contributed by atoms with Crippen molar-refractivity contribution in [1.29, 1.82) is 0 Å². The Balaban J connectivity index is 2.24. The summed E-state index contributed by atoms with van der Waals surface area (Å²) in [5.41, 5.74) is 0.711. The highest BCUT2D eigenvalue weighted by Gasteiger charge is 2.43. The molecule has 1 aromatic rings. The molecule has 1 aliphatic rings. The average Bonchev–Trinajstić information content (AvgIpc) is 3.59. The molecule has 0 radical (unpaired) electrons. The number of amides is 4. The molecule has 0 bridgehead atoms. The van der Waals surface area contributed by atoms with E-state index in [0.717, 1.165) is 12.8 Å². The van der Waals surface area contributed by atoms with Crippen molar-refractivity contribution in [2.75, 3.05) is 34.9 Å². The first-order chi connectivity index (χ1) is 24.0. The molecule has 4 amide bonds. The summed E-state index contributed by atoms with van der Waals surface area (Å²) in [6.07, 6.45) is 0.147. The summed E-state index contributed by atoms with van der Waals surface area (Å²) in [6, 6.07) is 6.67. The van der Waals surface area contributed by atoms with E-state index in [1.165, 1.54) is 0 Å². The number of carbonyl (C=O) groups excluding carboxylic acids is 4. The smallest absolute Gasteiger partial charge is 0.245 e. The molecule has 12 heteroatoms. The molecule has 1 heterocycles. The van der Waals surface area contributed by atoms with E-state index in [1.807, 2.05) is 71.9 Å². The number of hydrogen-bond donors (Lipinski definition) is 4. The van der Waals surface area contributed by atoms with E-state index >= 15 is 0 Å². The van der Waals surface area contributed by atoms with Gasteiger partial charge in [-0.05, 0) is 50.1 Å². The monoisotopic (exact) mass is 718 g/mol. The molecule has 1 aliphatic heterocycles. The average molecular weight is 718 g/mol. The summed E-state index contributed by atoms with van der Waals surface area (Å²) >= 11 is 0. The van der Waals surface area contributed by atoms with Crippen molar-refractivity contribution in [2.24, 2.45) is 23.7 Å². The molecule has 0 saturated carbocycles. The summed E-state index contributed by atoms with van der Waals surface area (Å²) in [4.78, 5) is 58.3. The summed E-state index contributed by atoms with van der Waals surface area (Å²) < 4.78 is 11.9. The van der Waals surface area contributed by atoms with Crippen molar-refractivity contribution in [3.63, 3.8) is 0 Å². The van der Waals surface area contributed by atoms with Crippen LogP contribution in [0.25, 0.3) is 0 Å². The molecule has 12 nitrogen and oxygen atoms in total. The number of aliphatic hydroxyl groups excluding tert-OH is 1. The number of hydrogen-bond acceptors (Lipinski definition) is 8. The topological polar surface area (TPSA) is 150 Å². The molecule has 2 rings (SSSR count). The number of carbonyl (C=O) groups is 4. The third kappa shape index (κ3) is 11.5. The van der Waals surface area contributed by atoms with Gasteiger partial charge in [0.1, 0.15) is 6.04 Å². The van der Waals surface area contributed by atoms with Gasteiger partial charge in [0.15, 0.2) is 0 Å². The Morgan fingerprint density at radius 2 is 1.53 bits per heavy atom. The van der Waals surface area contributed by atoms with Crippen LogP contribution < -0.4 is 16.0 Å². The van der Waals surface area contributed by atoms with E-state index in [-0.39, 0.29) is 53.8 Å². The van der Waals surface area contributed by atoms with Gasteiger partial charge in [-0.25, -0.2) is 0 Å². The van der Waals surface area contributed by atoms with Crippen LogP contribution in [-0.4, -0.2) is 116 Å². The van der Waals surface area contributed by atoms with E-state index in [1.54, 1.807) is 52.0 Å². The van der Waals surface area contributed by atoms with Crippen LogP contribution in [0.3, 0.4) is 0 Å². The molecule has 1 aromatic carbocycles. The standard InChI is InChI=1S/C39H67N5O7/c1-13-25(6)34(43(10)39(49)33(24(4)5)42-38(48)32(40-9)23(2)3)30(50-11)22-31(45)44-21-17-20-29(44)36(51-12)26(7)37(47)41-27(8)35(46)28-18-15-14-16-19-28/h14-16,18-19,23-27,29-30,32-36,40,46H,13,17,20-22H2,1-12H3,(H,41,47)(H,42,48)/t25?,26?,27?,29-,30+,32?,33-,34?,35+,36?/m0/s1. The zero-order valence-corrected chi connectivity index (χ0v) is 33.1. The molecule has 1 fully saturated rings. The minimum absolute atomic E-state index is 0.0148. The Hall–Kier alpha value is -3.06. The van der Waals surface area contributed by atoms with Crippen molar-refractivity contribution in [3.05, 3.63) is 35.9 Å². The first kappa shape index (κ1) is 44.1. The molecule has 0 aliphatic carbocycles. The van der Waals surface area contributed by atoms with Crippen LogP contribution in [-0.2, 0) is 28.7 Å². The van der Waals surface area contributed by atoms with Gasteiger partial charge in [0.2, 0.25) is 23.6 Å². The Kier molecular flexibility index (Phi) is 18.0. The lowest BCUT2D eigenvalue weighted by molar-refractivity contribution is -0.148. The lowest BCUT2D eigenvalue weighted by Gasteiger charge is -2.41. The maximum absolute atomic E-state index is 14.1. The van der Waals surface area contributed by atoms with Crippen molar-refractivity contribution in [2.45, 2.75) is 130 Å². The van der Waals surface area contributed by atoms with E-state index in [9.17, 15) is 24.3 Å². The zero-order chi connectivity index (χ0) is 38.6. The SMILES string of the molecule is CCC(C)C([C@@H](CC(=O)N1CCC[C@H]1C(OC)C(C)C(=O)NC(C)[C@@H](O)c1ccccc1)OC)N(C)C(=O)[C@@H](NC(=O)C(NC)C(C)C)C(C)C. The Bertz CT molecular complexity index is 1250. The fourth-order valence-electron chi connectivity index (χ4n) is 7.42. The van der Waals surface area contributed by atoms with Gasteiger partial charge in [0.25, 0.3) is 0 Å². The minimum Gasteiger partial charge on any atom is -0.386 e. The number of benzene rings is 1. The van der Waals surface area contributed by atoms with Gasteiger partial charge in [-0.15, -0.1) is 0 Å². The summed E-state index contributed by atoms with van der Waals surface area (Å²) in [5, 5.41) is 19.8. The highest BCUT2D eigenvalue weighted by Crippen LogP contribution is 2.30. The fraction of sp³-hybridized carbons (Fsp3) is 0.744. The number of nitrogens with one attached hydrogen (secondary N) is 3. The van der Waals surface area contributed by atoms with Crippen LogP contribution in [0, 0.1) is 23.7 Å². The number of ether oxygens (including phenoxy) is 2. The van der Waals surface area contributed by atoms with Crippen molar-refractivity contribution < 1.29 is 33.8 Å². The second-order valence-electron chi connectivity index (χ2n) is 15.0. The number of nitrogens with zero attached hydrogens (tertiary/aromatic N) is 2. The predicted octanol–water partition coefficient (Wildman–Crippen LogP) is 3.53. The second kappa shape index (κ2) is 20.8. The first-order valence-corrected chi connectivity index (χ1v) is 18.7. The third-order valence-electron chi connectivity index (χ3n) is 10.7. The highest BCUT2D eigenvalue weighted by molar-refractivity contribution is 5.90. The zero-order valence-electron chi connectivity index (χ0n) is 33.1. The van der Waals surface area contributed by atoms with Gasteiger partial charge in [0.05, 0.1) is 54.8 Å². The van der Waals surface area contributed by atoms with Gasteiger partial charge < -0.3 is 40.3 Å². The van der Waals surface area contributed by atoms with E-state index < -0.39 is 48.4 Å². The third-order valence-corrected chi connectivity index (χ3v) is 10.7. The normalized spacial score (nSPS) is 20.1. The van der Waals surface area contributed by atoms with Gasteiger partial charge in [0, 0.05) is 27.8 Å². The minimum atomic E-state index is -0.875. The molecular weight excluding hydrogens is 650 g/mol. The quantitative estimate of drug-likeness (QED) is 0.160. The number of rotatable bonds is 20. The van der Waals surface area contributed by atoms with Crippen LogP contribution >= 0.6 is 0 Å². The largest absolute Gasteiger partial charge is 0.386 e. The van der Waals surface area contributed by atoms with E-state index in [4.69, 9.17) is 9.47 Å². The molecular formula is C39H67N5O7. The number of likely N-dealkylation sites (tertiary alicyclic amines) is 1. The van der Waals surface area contributed by atoms with E-state index in [0.29, 0.717) is 18.5 Å². The van der Waals surface area contributed by atoms with Crippen molar-refractivity contribution in [1.82, 2.24) is 25.8 Å². The van der Waals surface area contributed by atoms with Gasteiger partial charge in [-0.3, -0.25) is 19.2 Å². The van der Waals surface area contributed by atoms with Crippen LogP contribution in [0.2, 0.25) is 0 Å². The van der Waals surface area contributed by atoms with Gasteiger partial charge in [-0.1, -0.05) is 85.2 Å². The van der Waals surface area contributed by atoms with Crippen LogP contribution in [0.1, 0.15) is 92.7 Å². The molecule has 290 valence electrons. The van der Waals surface area contributed by atoms with Crippen LogP contribution in [0.15, 0.2) is 30.3 Å². The molecule has 0 aromatic heterocycles. The lowest BCUT2D eigenvalue weighted by Crippen LogP contribution is -2.59. The van der Waals surface area contributed by atoms with E-state index in [2.05, 4.69) is 16.0 Å². The van der Waals surface area contributed by atoms with Gasteiger partial charge >= 0.3 is 0 Å². The summed E-state index contributed by atoms with van der Waals surface area (Å²) in [7, 11) is 6.57. The second-order valence-corrected chi connectivity index (χ2v) is 15.0. The fourth-order valence-corrected chi connectivity index (χ4v) is 7.42. The number of likely N-dealkylation sites (N-methyl/N-ethyl adjacent to an activating group) is 2. The summed E-state index contributed by atoms with van der Waals surface area (Å²) in [6.45, 7) is 15.9. The van der Waals surface area contributed by atoms with Crippen molar-refractivity contribution >= 4 is 23.6 Å². The molecule has 51 heavy (non-hydrogen) atoms. The Morgan fingerprint density at radius 1 is 0.922 bits per heavy atom. The van der Waals surface area contributed by atoms with Crippen LogP contribution in [0.5, 0.6) is 0 Å². The molecule has 4 N–H and O–H groups in total. The highest BCUT2D eigenvalue weighted by atomic mass is 16.5. The molecule has 10 atom stereocenters.